The fraction of sp³-hybridized carbons (Fsp3) is 0.263. The first-order chi connectivity index (χ1) is 14.2. The Morgan fingerprint density at radius 2 is 1.80 bits per heavy atom. The maximum Gasteiger partial charge on any atom is 0.338 e. The van der Waals surface area contributed by atoms with E-state index < -0.39 is 34.5 Å². The van der Waals surface area contributed by atoms with Gasteiger partial charge >= 0.3 is 12.0 Å². The summed E-state index contributed by atoms with van der Waals surface area (Å²) in [7, 11) is -2.94. The summed E-state index contributed by atoms with van der Waals surface area (Å²) in [6, 6.07) is 7.93. The highest BCUT2D eigenvalue weighted by Gasteiger charge is 2.15. The van der Waals surface area contributed by atoms with Gasteiger partial charge in [-0.1, -0.05) is 17.7 Å². The van der Waals surface area contributed by atoms with Crippen LogP contribution in [0.4, 0.5) is 4.79 Å². The molecule has 2 N–H and O–H groups in total. The fourth-order valence-corrected chi connectivity index (χ4v) is 3.38. The number of rotatable bonds is 6. The lowest BCUT2D eigenvalue weighted by atomic mass is 10.2. The van der Waals surface area contributed by atoms with E-state index in [-0.39, 0.29) is 15.9 Å². The molecule has 0 aliphatic carbocycles. The third-order valence-corrected chi connectivity index (χ3v) is 5.17. The molecular formula is C19H22N4O6S. The van der Waals surface area contributed by atoms with E-state index in [1.54, 1.807) is 19.1 Å². The number of carbonyl (C=O) groups excluding carboxylic acids is 3. The van der Waals surface area contributed by atoms with Crippen LogP contribution in [0.25, 0.3) is 0 Å². The second kappa shape index (κ2) is 9.83. The van der Waals surface area contributed by atoms with Crippen LogP contribution in [-0.2, 0) is 26.1 Å². The Bertz CT molecular complexity index is 1120. The van der Waals surface area contributed by atoms with Gasteiger partial charge in [0, 0.05) is 12.7 Å². The second-order valence-electron chi connectivity index (χ2n) is 6.18. The number of hydrogen-bond donors (Lipinski definition) is 2. The number of hydrogen-bond acceptors (Lipinski definition) is 6. The molecule has 0 saturated carbocycles. The molecule has 0 spiro atoms. The number of nitrogens with zero attached hydrogens (tertiary/aromatic N) is 2. The van der Waals surface area contributed by atoms with Crippen molar-refractivity contribution in [2.24, 2.45) is 4.40 Å². The average molecular weight is 434 g/mol. The Labute approximate surface area is 173 Å². The predicted molar refractivity (Wildman–Crippen MR) is 107 cm³/mol. The highest BCUT2D eigenvalue weighted by molar-refractivity contribution is 7.90. The zero-order valence-corrected chi connectivity index (χ0v) is 17.5. The topological polar surface area (TPSA) is 136 Å². The number of imide groups is 1. The van der Waals surface area contributed by atoms with Crippen LogP contribution in [0.3, 0.4) is 0 Å². The first kappa shape index (κ1) is 22.8. The van der Waals surface area contributed by atoms with Gasteiger partial charge in [-0.2, -0.15) is 8.42 Å². The number of carbonyl (C=O) groups is 3. The van der Waals surface area contributed by atoms with E-state index in [1.807, 2.05) is 6.92 Å². The molecule has 11 heteroatoms. The van der Waals surface area contributed by atoms with Gasteiger partial charge in [-0.15, -0.1) is 4.40 Å². The SMILES string of the molecule is CCNC(=O)NC(=O)Cn1ccc(C(=O)OC)cc1=NS(=O)(=O)c1ccc(C)cc1. The minimum Gasteiger partial charge on any atom is -0.465 e. The summed E-state index contributed by atoms with van der Waals surface area (Å²) in [5.41, 5.74) is 0.749. The smallest absolute Gasteiger partial charge is 0.338 e. The standard InChI is InChI=1S/C19H22N4O6S/c1-4-20-19(26)21-17(24)12-23-10-9-14(18(25)29-3)11-16(23)22-30(27,28)15-7-5-13(2)6-8-15/h5-11H,4,12H2,1-3H3,(H2,20,21,24,26). The van der Waals surface area contributed by atoms with Crippen molar-refractivity contribution in [3.8, 4) is 0 Å². The molecule has 2 rings (SSSR count). The van der Waals surface area contributed by atoms with E-state index in [0.717, 1.165) is 5.56 Å². The second-order valence-corrected chi connectivity index (χ2v) is 7.78. The Morgan fingerprint density at radius 1 is 1.13 bits per heavy atom. The quantitative estimate of drug-likeness (QED) is 0.643. The first-order valence-electron chi connectivity index (χ1n) is 8.90. The van der Waals surface area contributed by atoms with Crippen molar-refractivity contribution in [1.82, 2.24) is 15.2 Å². The molecule has 0 radical (unpaired) electrons. The van der Waals surface area contributed by atoms with E-state index in [2.05, 4.69) is 19.8 Å². The molecule has 0 fully saturated rings. The van der Waals surface area contributed by atoms with Gasteiger partial charge in [-0.05, 0) is 38.1 Å². The number of amides is 3. The number of ether oxygens (including phenoxy) is 1. The van der Waals surface area contributed by atoms with E-state index >= 15 is 0 Å². The highest BCUT2D eigenvalue weighted by Crippen LogP contribution is 2.12. The molecule has 2 aromatic rings. The number of benzene rings is 1. The molecule has 1 aromatic carbocycles. The number of sulfonamides is 1. The van der Waals surface area contributed by atoms with Crippen LogP contribution in [0.5, 0.6) is 0 Å². The average Bonchev–Trinajstić information content (AvgIpc) is 2.68. The Balaban J connectivity index is 2.49. The van der Waals surface area contributed by atoms with Gasteiger partial charge in [-0.3, -0.25) is 10.1 Å². The zero-order chi connectivity index (χ0) is 22.3. The summed E-state index contributed by atoms with van der Waals surface area (Å²) in [5.74, 6) is -1.39. The Morgan fingerprint density at radius 3 is 2.40 bits per heavy atom. The van der Waals surface area contributed by atoms with Gasteiger partial charge in [-0.25, -0.2) is 9.59 Å². The van der Waals surface area contributed by atoms with E-state index in [1.165, 1.54) is 42.1 Å². The zero-order valence-electron chi connectivity index (χ0n) is 16.7. The van der Waals surface area contributed by atoms with Crippen molar-refractivity contribution in [3.63, 3.8) is 0 Å². The molecule has 0 saturated heterocycles. The van der Waals surface area contributed by atoms with Gasteiger partial charge in [0.15, 0.2) is 0 Å². The molecule has 0 aliphatic heterocycles. The molecule has 0 unspecified atom stereocenters. The lowest BCUT2D eigenvalue weighted by Gasteiger charge is -2.10. The van der Waals surface area contributed by atoms with E-state index in [4.69, 9.17) is 0 Å². The van der Waals surface area contributed by atoms with Crippen molar-refractivity contribution < 1.29 is 27.5 Å². The minimum atomic E-state index is -4.13. The number of aryl methyl sites for hydroxylation is 1. The molecule has 0 atom stereocenters. The van der Waals surface area contributed by atoms with Gasteiger partial charge in [0.1, 0.15) is 12.0 Å². The van der Waals surface area contributed by atoms with Gasteiger partial charge in [0.2, 0.25) is 5.91 Å². The van der Waals surface area contributed by atoms with Gasteiger partial charge in [0.05, 0.1) is 17.6 Å². The summed E-state index contributed by atoms with van der Waals surface area (Å²) in [5, 5.41) is 4.53. The Hall–Kier alpha value is -3.47. The maximum atomic E-state index is 12.7. The lowest BCUT2D eigenvalue weighted by molar-refractivity contribution is -0.120. The molecule has 160 valence electrons. The van der Waals surface area contributed by atoms with Gasteiger partial charge < -0.3 is 14.6 Å². The van der Waals surface area contributed by atoms with E-state index in [9.17, 15) is 22.8 Å². The molecule has 0 bridgehead atoms. The van der Waals surface area contributed by atoms with Crippen molar-refractivity contribution in [2.45, 2.75) is 25.3 Å². The van der Waals surface area contributed by atoms with Crippen LogP contribution >= 0.6 is 0 Å². The lowest BCUT2D eigenvalue weighted by Crippen LogP contribution is -2.42. The number of esters is 1. The number of aromatic nitrogens is 1. The molecule has 1 aromatic heterocycles. The number of pyridine rings is 1. The van der Waals surface area contributed by atoms with Crippen LogP contribution in [0.1, 0.15) is 22.8 Å². The minimum absolute atomic E-state index is 0.0464. The van der Waals surface area contributed by atoms with E-state index in [0.29, 0.717) is 6.54 Å². The van der Waals surface area contributed by atoms with Crippen molar-refractivity contribution in [1.29, 1.82) is 0 Å². The fourth-order valence-electron chi connectivity index (χ4n) is 2.39. The third kappa shape index (κ3) is 6.01. The molecule has 0 aliphatic rings. The van der Waals surface area contributed by atoms with Crippen LogP contribution < -0.4 is 16.1 Å². The largest absolute Gasteiger partial charge is 0.465 e. The van der Waals surface area contributed by atoms with Gasteiger partial charge in [0.25, 0.3) is 10.0 Å². The third-order valence-electron chi connectivity index (χ3n) is 3.87. The number of nitrogens with one attached hydrogen (secondary N) is 2. The number of urea groups is 1. The van der Waals surface area contributed by atoms with Crippen molar-refractivity contribution in [2.75, 3.05) is 13.7 Å². The molecule has 3 amide bonds. The summed E-state index contributed by atoms with van der Waals surface area (Å²) in [4.78, 5) is 35.4. The van der Waals surface area contributed by atoms with Crippen LogP contribution in [0, 0.1) is 6.92 Å². The molecule has 1 heterocycles. The summed E-state index contributed by atoms with van der Waals surface area (Å²) in [6.07, 6.45) is 1.31. The summed E-state index contributed by atoms with van der Waals surface area (Å²) < 4.78 is 35.0. The van der Waals surface area contributed by atoms with Crippen molar-refractivity contribution >= 4 is 27.9 Å². The highest BCUT2D eigenvalue weighted by atomic mass is 32.2. The van der Waals surface area contributed by atoms with Crippen LogP contribution in [0.2, 0.25) is 0 Å². The summed E-state index contributed by atoms with van der Waals surface area (Å²) in [6.45, 7) is 3.43. The molecule has 30 heavy (non-hydrogen) atoms. The number of methoxy groups -OCH3 is 1. The monoisotopic (exact) mass is 434 g/mol. The molecular weight excluding hydrogens is 412 g/mol. The normalized spacial score (nSPS) is 11.6. The first-order valence-corrected chi connectivity index (χ1v) is 10.3. The van der Waals surface area contributed by atoms with Crippen molar-refractivity contribution in [3.05, 3.63) is 59.2 Å². The molecule has 10 nitrogen and oxygen atoms in total. The maximum absolute atomic E-state index is 12.7. The predicted octanol–water partition coefficient (Wildman–Crippen LogP) is 0.718. The van der Waals surface area contributed by atoms with Crippen LogP contribution in [-0.4, -0.2) is 44.5 Å². The summed E-state index contributed by atoms with van der Waals surface area (Å²) >= 11 is 0. The Kier molecular flexibility index (Phi) is 7.48. The van der Waals surface area contributed by atoms with Crippen LogP contribution in [0.15, 0.2) is 51.9 Å².